The van der Waals surface area contributed by atoms with Gasteiger partial charge in [-0.1, -0.05) is 0 Å². The van der Waals surface area contributed by atoms with Crippen LogP contribution in [0.25, 0.3) is 0 Å². The van der Waals surface area contributed by atoms with Crippen molar-refractivity contribution in [3.05, 3.63) is 17.7 Å². The molecule has 1 aromatic heterocycles. The summed E-state index contributed by atoms with van der Waals surface area (Å²) in [7, 11) is 0.874. The molecule has 13 heavy (non-hydrogen) atoms. The van der Waals surface area contributed by atoms with Crippen molar-refractivity contribution in [1.29, 1.82) is 0 Å². The van der Waals surface area contributed by atoms with Gasteiger partial charge >= 0.3 is 6.55 Å². The number of aromatic amines is 1. The van der Waals surface area contributed by atoms with E-state index in [-0.39, 0.29) is 4.90 Å². The lowest BCUT2D eigenvalue weighted by Crippen LogP contribution is -2.31. The minimum Gasteiger partial charge on any atom is -0.285 e. The van der Waals surface area contributed by atoms with Crippen molar-refractivity contribution in [2.45, 2.75) is 6.55 Å². The van der Waals surface area contributed by atoms with Crippen LogP contribution in [0.15, 0.2) is 6.20 Å². The highest BCUT2D eigenvalue weighted by atomic mass is 19.3. The lowest BCUT2D eigenvalue weighted by Gasteiger charge is -2.13. The molecule has 1 N–H and O–H groups in total. The Balaban J connectivity index is 2.86. The molecule has 0 fully saturated rings. The Morgan fingerprint density at radius 3 is 2.69 bits per heavy atom. The van der Waals surface area contributed by atoms with Crippen LogP contribution < -0.4 is 0 Å². The first-order valence-electron chi connectivity index (χ1n) is 3.28. The molecule has 0 aromatic carbocycles. The molecule has 1 heterocycles. The first-order chi connectivity index (χ1) is 6.04. The average Bonchev–Trinajstić information content (AvgIpc) is 2.48. The second-order valence-corrected chi connectivity index (χ2v) is 2.29. The van der Waals surface area contributed by atoms with E-state index in [0.717, 1.165) is 13.2 Å². The van der Waals surface area contributed by atoms with Gasteiger partial charge in [0.1, 0.15) is 5.56 Å². The SMILES string of the molecule is CN(C(=O)c1cn[nH]c1F)C(F)F. The van der Waals surface area contributed by atoms with Gasteiger partial charge in [0.2, 0.25) is 5.95 Å². The molecule has 0 aliphatic carbocycles. The van der Waals surface area contributed by atoms with E-state index < -0.39 is 24.0 Å². The topological polar surface area (TPSA) is 49.0 Å². The van der Waals surface area contributed by atoms with Crippen LogP contribution in [0, 0.1) is 5.95 Å². The van der Waals surface area contributed by atoms with Crippen LogP contribution in [-0.2, 0) is 0 Å². The van der Waals surface area contributed by atoms with E-state index in [4.69, 9.17) is 0 Å². The molecule has 0 unspecified atom stereocenters. The van der Waals surface area contributed by atoms with Crippen LogP contribution in [0.5, 0.6) is 0 Å². The van der Waals surface area contributed by atoms with Gasteiger partial charge in [0, 0.05) is 7.05 Å². The minimum atomic E-state index is -2.96. The Labute approximate surface area is 71.3 Å². The number of amides is 1. The third-order valence-electron chi connectivity index (χ3n) is 1.44. The van der Waals surface area contributed by atoms with E-state index >= 15 is 0 Å². The van der Waals surface area contributed by atoms with Gasteiger partial charge in [-0.2, -0.15) is 18.3 Å². The molecule has 0 saturated heterocycles. The molecule has 0 aliphatic heterocycles. The van der Waals surface area contributed by atoms with Gasteiger partial charge in [-0.3, -0.25) is 14.8 Å². The van der Waals surface area contributed by atoms with E-state index in [9.17, 15) is 18.0 Å². The number of carbonyl (C=O) groups excluding carboxylic acids is 1. The number of nitrogens with one attached hydrogen (secondary N) is 1. The summed E-state index contributed by atoms with van der Waals surface area (Å²) in [5.41, 5.74) is -0.497. The molecular weight excluding hydrogens is 187 g/mol. The zero-order valence-electron chi connectivity index (χ0n) is 6.59. The second-order valence-electron chi connectivity index (χ2n) is 2.29. The largest absolute Gasteiger partial charge is 0.317 e. The Morgan fingerprint density at radius 2 is 2.31 bits per heavy atom. The van der Waals surface area contributed by atoms with Crippen molar-refractivity contribution in [2.75, 3.05) is 7.05 Å². The normalized spacial score (nSPS) is 10.5. The number of halogens is 3. The maximum Gasteiger partial charge on any atom is 0.317 e. The number of hydrogen-bond acceptors (Lipinski definition) is 2. The third-order valence-corrected chi connectivity index (χ3v) is 1.44. The van der Waals surface area contributed by atoms with Crippen LogP contribution >= 0.6 is 0 Å². The average molecular weight is 193 g/mol. The summed E-state index contributed by atoms with van der Waals surface area (Å²) >= 11 is 0. The Kier molecular flexibility index (Phi) is 2.54. The van der Waals surface area contributed by atoms with Crippen molar-refractivity contribution in [3.63, 3.8) is 0 Å². The van der Waals surface area contributed by atoms with Gasteiger partial charge < -0.3 is 0 Å². The van der Waals surface area contributed by atoms with Crippen LogP contribution in [0.3, 0.4) is 0 Å². The highest BCUT2D eigenvalue weighted by Crippen LogP contribution is 2.09. The molecule has 0 atom stereocenters. The fourth-order valence-corrected chi connectivity index (χ4v) is 0.698. The summed E-state index contributed by atoms with van der Waals surface area (Å²) in [6.07, 6.45) is 0.858. The Bertz CT molecular complexity index is 312. The van der Waals surface area contributed by atoms with Crippen LogP contribution in [-0.4, -0.2) is 34.6 Å². The predicted molar refractivity (Wildman–Crippen MR) is 36.6 cm³/mol. The van der Waals surface area contributed by atoms with Crippen molar-refractivity contribution >= 4 is 5.91 Å². The highest BCUT2D eigenvalue weighted by Gasteiger charge is 2.23. The molecule has 4 nitrogen and oxygen atoms in total. The first-order valence-corrected chi connectivity index (χ1v) is 3.28. The van der Waals surface area contributed by atoms with Gasteiger partial charge in [0.25, 0.3) is 5.91 Å². The monoisotopic (exact) mass is 193 g/mol. The van der Waals surface area contributed by atoms with Crippen molar-refractivity contribution in [2.24, 2.45) is 0 Å². The van der Waals surface area contributed by atoms with Crippen molar-refractivity contribution < 1.29 is 18.0 Å². The lowest BCUT2D eigenvalue weighted by atomic mass is 10.3. The van der Waals surface area contributed by atoms with E-state index in [1.165, 1.54) is 0 Å². The molecule has 1 amide bonds. The smallest absolute Gasteiger partial charge is 0.285 e. The maximum absolute atomic E-state index is 12.6. The molecule has 0 spiro atoms. The van der Waals surface area contributed by atoms with Crippen molar-refractivity contribution in [1.82, 2.24) is 15.1 Å². The van der Waals surface area contributed by atoms with Gasteiger partial charge in [-0.15, -0.1) is 0 Å². The molecule has 1 rings (SSSR count). The quantitative estimate of drug-likeness (QED) is 0.707. The number of nitrogens with zero attached hydrogens (tertiary/aromatic N) is 2. The van der Waals surface area contributed by atoms with Crippen LogP contribution in [0.2, 0.25) is 0 Å². The molecule has 1 aromatic rings. The summed E-state index contributed by atoms with van der Waals surface area (Å²) in [6, 6.07) is 0. The summed E-state index contributed by atoms with van der Waals surface area (Å²) < 4.78 is 36.5. The number of rotatable bonds is 2. The molecule has 0 radical (unpaired) electrons. The third kappa shape index (κ3) is 1.79. The molecular formula is C6H6F3N3O. The predicted octanol–water partition coefficient (Wildman–Crippen LogP) is 0.843. The van der Waals surface area contributed by atoms with Gasteiger partial charge in [0.05, 0.1) is 6.20 Å². The highest BCUT2D eigenvalue weighted by molar-refractivity contribution is 5.93. The van der Waals surface area contributed by atoms with Gasteiger partial charge in [-0.25, -0.2) is 0 Å². The number of aromatic nitrogens is 2. The van der Waals surface area contributed by atoms with Crippen LogP contribution in [0.1, 0.15) is 10.4 Å². The Hall–Kier alpha value is -1.53. The number of hydrogen-bond donors (Lipinski definition) is 1. The van der Waals surface area contributed by atoms with Gasteiger partial charge in [-0.05, 0) is 0 Å². The Morgan fingerprint density at radius 1 is 1.69 bits per heavy atom. The number of carbonyl (C=O) groups is 1. The fourth-order valence-electron chi connectivity index (χ4n) is 0.698. The lowest BCUT2D eigenvalue weighted by molar-refractivity contribution is -0.00150. The second kappa shape index (κ2) is 3.46. The maximum atomic E-state index is 12.6. The molecule has 7 heteroatoms. The van der Waals surface area contributed by atoms with Crippen molar-refractivity contribution in [3.8, 4) is 0 Å². The first kappa shape index (κ1) is 9.56. The number of alkyl halides is 2. The van der Waals surface area contributed by atoms with E-state index in [1.54, 1.807) is 0 Å². The number of H-pyrrole nitrogens is 1. The summed E-state index contributed by atoms with van der Waals surface area (Å²) in [5, 5.41) is 5.03. The van der Waals surface area contributed by atoms with Crippen LogP contribution in [0.4, 0.5) is 13.2 Å². The van der Waals surface area contributed by atoms with E-state index in [0.29, 0.717) is 0 Å². The molecule has 0 aliphatic rings. The van der Waals surface area contributed by atoms with Gasteiger partial charge in [0.15, 0.2) is 0 Å². The molecule has 0 saturated carbocycles. The standard InChI is InChI=1S/C6H6F3N3O/c1-12(6(8)9)5(13)3-2-10-11-4(3)7/h2,6H,1H3,(H,10,11). The fraction of sp³-hybridized carbons (Fsp3) is 0.333. The summed E-state index contributed by atoms with van der Waals surface area (Å²) in [4.78, 5) is 11.1. The zero-order chi connectivity index (χ0) is 10.0. The summed E-state index contributed by atoms with van der Waals surface area (Å²) in [6.45, 7) is -2.96. The minimum absolute atomic E-state index is 0.119. The zero-order valence-corrected chi connectivity index (χ0v) is 6.59. The van der Waals surface area contributed by atoms with E-state index in [2.05, 4.69) is 5.10 Å². The molecule has 0 bridgehead atoms. The molecule has 72 valence electrons. The summed E-state index contributed by atoms with van der Waals surface area (Å²) in [5.74, 6) is -2.13. The van der Waals surface area contributed by atoms with E-state index in [1.807, 2.05) is 5.10 Å².